The first-order valence-electron chi connectivity index (χ1n) is 3.95. The third kappa shape index (κ3) is 1.13. The zero-order chi connectivity index (χ0) is 9.26. The fourth-order valence-electron chi connectivity index (χ4n) is 1.37. The number of furan rings is 1. The molecule has 0 N–H and O–H groups in total. The van der Waals surface area contributed by atoms with Gasteiger partial charge in [0.05, 0.1) is 25.9 Å². The summed E-state index contributed by atoms with van der Waals surface area (Å²) < 4.78 is 15.6. The van der Waals surface area contributed by atoms with Crippen LogP contribution in [0.25, 0.3) is 11.0 Å². The van der Waals surface area contributed by atoms with Crippen molar-refractivity contribution >= 4 is 11.0 Å². The summed E-state index contributed by atoms with van der Waals surface area (Å²) in [6.07, 6.45) is 1.63. The Balaban J connectivity index is 2.74. The number of hydrogen-bond acceptors (Lipinski definition) is 3. The van der Waals surface area contributed by atoms with Crippen LogP contribution in [0.15, 0.2) is 28.9 Å². The third-order valence-electron chi connectivity index (χ3n) is 1.97. The summed E-state index contributed by atoms with van der Waals surface area (Å²) in [5.74, 6) is 1.44. The van der Waals surface area contributed by atoms with Crippen LogP contribution in [0.5, 0.6) is 11.5 Å². The van der Waals surface area contributed by atoms with Crippen molar-refractivity contribution < 1.29 is 13.9 Å². The molecule has 3 nitrogen and oxygen atoms in total. The molecule has 0 amide bonds. The second-order valence-corrected chi connectivity index (χ2v) is 2.63. The molecule has 0 aliphatic carbocycles. The highest BCUT2D eigenvalue weighted by Gasteiger charge is 2.09. The summed E-state index contributed by atoms with van der Waals surface area (Å²) in [6.45, 7) is 0. The van der Waals surface area contributed by atoms with E-state index in [2.05, 4.69) is 0 Å². The van der Waals surface area contributed by atoms with E-state index in [1.165, 1.54) is 0 Å². The van der Waals surface area contributed by atoms with Gasteiger partial charge in [0.1, 0.15) is 5.58 Å². The molecule has 3 heteroatoms. The van der Waals surface area contributed by atoms with E-state index < -0.39 is 0 Å². The first-order valence-corrected chi connectivity index (χ1v) is 3.95. The molecule has 0 fully saturated rings. The monoisotopic (exact) mass is 178 g/mol. The first kappa shape index (κ1) is 7.98. The molecule has 68 valence electrons. The second kappa shape index (κ2) is 3.01. The van der Waals surface area contributed by atoms with Crippen molar-refractivity contribution in [2.24, 2.45) is 0 Å². The highest BCUT2D eigenvalue weighted by Crippen LogP contribution is 2.35. The Morgan fingerprint density at radius 2 is 1.92 bits per heavy atom. The fraction of sp³-hybridized carbons (Fsp3) is 0.200. The van der Waals surface area contributed by atoms with Gasteiger partial charge in [0.25, 0.3) is 0 Å². The van der Waals surface area contributed by atoms with E-state index in [9.17, 15) is 0 Å². The Labute approximate surface area is 75.9 Å². The molecular formula is C10H10O3. The highest BCUT2D eigenvalue weighted by atomic mass is 16.5. The summed E-state index contributed by atoms with van der Waals surface area (Å²) >= 11 is 0. The Hall–Kier alpha value is -1.64. The largest absolute Gasteiger partial charge is 0.493 e. The number of fused-ring (bicyclic) bond motifs is 1. The second-order valence-electron chi connectivity index (χ2n) is 2.63. The van der Waals surface area contributed by atoms with Gasteiger partial charge >= 0.3 is 0 Å². The van der Waals surface area contributed by atoms with Gasteiger partial charge in [0.2, 0.25) is 0 Å². The summed E-state index contributed by atoms with van der Waals surface area (Å²) in [6, 6.07) is 5.54. The van der Waals surface area contributed by atoms with Gasteiger partial charge in [-0.3, -0.25) is 0 Å². The molecule has 0 atom stereocenters. The maximum Gasteiger partial charge on any atom is 0.171 e. The molecule has 0 spiro atoms. The lowest BCUT2D eigenvalue weighted by Gasteiger charge is -2.06. The highest BCUT2D eigenvalue weighted by molar-refractivity contribution is 5.86. The number of rotatable bonds is 2. The van der Waals surface area contributed by atoms with Gasteiger partial charge in [-0.2, -0.15) is 0 Å². The summed E-state index contributed by atoms with van der Waals surface area (Å²) in [7, 11) is 3.23. The Kier molecular flexibility index (Phi) is 1.85. The van der Waals surface area contributed by atoms with Crippen LogP contribution in [-0.4, -0.2) is 14.2 Å². The number of ether oxygens (including phenoxy) is 2. The lowest BCUT2D eigenvalue weighted by Crippen LogP contribution is -1.89. The van der Waals surface area contributed by atoms with Crippen molar-refractivity contribution in [3.63, 3.8) is 0 Å². The molecule has 2 aromatic rings. The normalized spacial score (nSPS) is 10.3. The topological polar surface area (TPSA) is 31.6 Å². The van der Waals surface area contributed by atoms with Crippen LogP contribution in [0.1, 0.15) is 0 Å². The van der Waals surface area contributed by atoms with E-state index in [-0.39, 0.29) is 0 Å². The minimum atomic E-state index is 0.716. The first-order chi connectivity index (χ1) is 6.36. The average molecular weight is 178 g/mol. The van der Waals surface area contributed by atoms with Gasteiger partial charge in [-0.1, -0.05) is 0 Å². The predicted molar refractivity (Wildman–Crippen MR) is 49.3 cm³/mol. The molecule has 0 saturated heterocycles. The van der Waals surface area contributed by atoms with Crippen molar-refractivity contribution in [2.75, 3.05) is 14.2 Å². The Morgan fingerprint density at radius 3 is 2.62 bits per heavy atom. The molecular weight excluding hydrogens is 168 g/mol. The standard InChI is InChI=1S/C10H10O3/c1-11-9-4-3-8-7(5-6-13-8)10(9)12-2/h3-6H,1-2H3. The minimum absolute atomic E-state index is 0.716. The van der Waals surface area contributed by atoms with Crippen LogP contribution in [0, 0.1) is 0 Å². The van der Waals surface area contributed by atoms with Crippen LogP contribution in [0.4, 0.5) is 0 Å². The van der Waals surface area contributed by atoms with E-state index in [4.69, 9.17) is 13.9 Å². The van der Waals surface area contributed by atoms with Crippen LogP contribution in [0.2, 0.25) is 0 Å². The Morgan fingerprint density at radius 1 is 1.08 bits per heavy atom. The lowest BCUT2D eigenvalue weighted by molar-refractivity contribution is 0.358. The minimum Gasteiger partial charge on any atom is -0.493 e. The molecule has 0 unspecified atom stereocenters. The molecule has 1 aromatic carbocycles. The molecule has 0 radical (unpaired) electrons. The van der Waals surface area contributed by atoms with Gasteiger partial charge in [-0.05, 0) is 18.2 Å². The number of methoxy groups -OCH3 is 2. The average Bonchev–Trinajstić information content (AvgIpc) is 2.63. The van der Waals surface area contributed by atoms with E-state index >= 15 is 0 Å². The maximum absolute atomic E-state index is 5.22. The van der Waals surface area contributed by atoms with Gasteiger partial charge in [-0.15, -0.1) is 0 Å². The molecule has 0 aliphatic rings. The van der Waals surface area contributed by atoms with Crippen LogP contribution < -0.4 is 9.47 Å². The van der Waals surface area contributed by atoms with Gasteiger partial charge in [0.15, 0.2) is 11.5 Å². The molecule has 1 aromatic heterocycles. The van der Waals surface area contributed by atoms with Crippen molar-refractivity contribution in [1.82, 2.24) is 0 Å². The zero-order valence-corrected chi connectivity index (χ0v) is 7.53. The SMILES string of the molecule is COc1ccc2occc2c1OC. The van der Waals surface area contributed by atoms with E-state index in [1.807, 2.05) is 18.2 Å². The van der Waals surface area contributed by atoms with Crippen molar-refractivity contribution in [1.29, 1.82) is 0 Å². The quantitative estimate of drug-likeness (QED) is 0.707. The van der Waals surface area contributed by atoms with Gasteiger partial charge < -0.3 is 13.9 Å². The van der Waals surface area contributed by atoms with Crippen molar-refractivity contribution in [3.05, 3.63) is 24.5 Å². The molecule has 2 rings (SSSR count). The van der Waals surface area contributed by atoms with Crippen LogP contribution in [0.3, 0.4) is 0 Å². The molecule has 0 saturated carbocycles. The predicted octanol–water partition coefficient (Wildman–Crippen LogP) is 2.45. The molecule has 0 bridgehead atoms. The van der Waals surface area contributed by atoms with Gasteiger partial charge in [-0.25, -0.2) is 0 Å². The third-order valence-corrected chi connectivity index (χ3v) is 1.97. The lowest BCUT2D eigenvalue weighted by atomic mass is 10.2. The molecule has 1 heterocycles. The maximum atomic E-state index is 5.22. The van der Waals surface area contributed by atoms with Crippen LogP contribution in [-0.2, 0) is 0 Å². The summed E-state index contributed by atoms with van der Waals surface area (Å²) in [5.41, 5.74) is 0.803. The molecule has 0 aliphatic heterocycles. The van der Waals surface area contributed by atoms with E-state index in [1.54, 1.807) is 20.5 Å². The number of benzene rings is 1. The zero-order valence-electron chi connectivity index (χ0n) is 7.53. The summed E-state index contributed by atoms with van der Waals surface area (Å²) in [5, 5.41) is 0.932. The number of hydrogen-bond donors (Lipinski definition) is 0. The van der Waals surface area contributed by atoms with Crippen LogP contribution >= 0.6 is 0 Å². The van der Waals surface area contributed by atoms with E-state index in [0.29, 0.717) is 5.75 Å². The van der Waals surface area contributed by atoms with E-state index in [0.717, 1.165) is 16.7 Å². The smallest absolute Gasteiger partial charge is 0.171 e. The fourth-order valence-corrected chi connectivity index (χ4v) is 1.37. The van der Waals surface area contributed by atoms with Gasteiger partial charge in [0, 0.05) is 0 Å². The van der Waals surface area contributed by atoms with Crippen molar-refractivity contribution in [2.45, 2.75) is 0 Å². The van der Waals surface area contributed by atoms with Crippen molar-refractivity contribution in [3.8, 4) is 11.5 Å². The Bertz CT molecular complexity index is 417. The molecule has 13 heavy (non-hydrogen) atoms. The summed E-state index contributed by atoms with van der Waals surface area (Å²) in [4.78, 5) is 0.